The van der Waals surface area contributed by atoms with Crippen LogP contribution < -0.4 is 4.74 Å². The van der Waals surface area contributed by atoms with Crippen LogP contribution in [0, 0.1) is 23.5 Å². The lowest BCUT2D eigenvalue weighted by Crippen LogP contribution is -1.98. The van der Waals surface area contributed by atoms with Gasteiger partial charge in [0.2, 0.25) is 5.82 Å². The van der Waals surface area contributed by atoms with Gasteiger partial charge in [0.15, 0.2) is 11.6 Å². The predicted octanol–water partition coefficient (Wildman–Crippen LogP) is 6.38. The molecule has 1 nitrogen and oxygen atoms in total. The number of halogens is 2. The number of hydrogen-bond donors (Lipinski definition) is 0. The van der Waals surface area contributed by atoms with Crippen LogP contribution in [0.5, 0.6) is 5.75 Å². The molecular weight excluding hydrogens is 354 g/mol. The Kier molecular flexibility index (Phi) is 6.45. The summed E-state index contributed by atoms with van der Waals surface area (Å²) in [5.74, 6) is 3.63. The first kappa shape index (κ1) is 19.6. The molecule has 3 rings (SSSR count). The van der Waals surface area contributed by atoms with Crippen LogP contribution in [0.1, 0.15) is 37.0 Å². The van der Waals surface area contributed by atoms with E-state index in [1.165, 1.54) is 23.3 Å². The molecule has 0 atom stereocenters. The maximum absolute atomic E-state index is 14.2. The largest absolute Gasteiger partial charge is 0.491 e. The summed E-state index contributed by atoms with van der Waals surface area (Å²) in [6.45, 7) is 4.12. The first-order valence-corrected chi connectivity index (χ1v) is 9.45. The molecule has 0 aliphatic rings. The summed E-state index contributed by atoms with van der Waals surface area (Å²) in [7, 11) is 0. The second kappa shape index (κ2) is 9.19. The highest BCUT2D eigenvalue weighted by atomic mass is 19.2. The molecule has 0 saturated carbocycles. The maximum atomic E-state index is 14.2. The van der Waals surface area contributed by atoms with E-state index in [-0.39, 0.29) is 17.9 Å². The van der Waals surface area contributed by atoms with Crippen LogP contribution in [-0.2, 0) is 6.42 Å². The van der Waals surface area contributed by atoms with Crippen LogP contribution in [-0.4, -0.2) is 6.61 Å². The molecule has 0 aliphatic carbocycles. The molecule has 0 N–H and O–H groups in total. The average Bonchev–Trinajstić information content (AvgIpc) is 2.72. The monoisotopic (exact) mass is 376 g/mol. The van der Waals surface area contributed by atoms with E-state index in [1.54, 1.807) is 6.92 Å². The van der Waals surface area contributed by atoms with Crippen molar-refractivity contribution < 1.29 is 13.5 Å². The molecule has 3 aromatic carbocycles. The first-order chi connectivity index (χ1) is 13.6. The van der Waals surface area contributed by atoms with Gasteiger partial charge >= 0.3 is 0 Å². The number of benzene rings is 3. The highest BCUT2D eigenvalue weighted by Gasteiger charge is 2.13. The smallest absolute Gasteiger partial charge is 0.201 e. The van der Waals surface area contributed by atoms with Gasteiger partial charge in [0.05, 0.1) is 12.2 Å². The van der Waals surface area contributed by atoms with Crippen LogP contribution in [0.3, 0.4) is 0 Å². The fourth-order valence-electron chi connectivity index (χ4n) is 3.08. The van der Waals surface area contributed by atoms with Gasteiger partial charge in [-0.2, -0.15) is 4.39 Å². The Morgan fingerprint density at radius 2 is 1.64 bits per heavy atom. The van der Waals surface area contributed by atoms with E-state index in [0.29, 0.717) is 0 Å². The van der Waals surface area contributed by atoms with Crippen molar-refractivity contribution in [3.63, 3.8) is 0 Å². The van der Waals surface area contributed by atoms with Crippen molar-refractivity contribution in [3.8, 4) is 28.7 Å². The molecule has 142 valence electrons. The Hall–Kier alpha value is -3.12. The summed E-state index contributed by atoms with van der Waals surface area (Å²) in [4.78, 5) is 0. The van der Waals surface area contributed by atoms with E-state index in [2.05, 4.69) is 30.9 Å². The highest BCUT2D eigenvalue weighted by molar-refractivity contribution is 5.68. The Bertz CT molecular complexity index is 1010. The minimum Gasteiger partial charge on any atom is -0.491 e. The molecule has 0 heterocycles. The van der Waals surface area contributed by atoms with Crippen LogP contribution in [0.2, 0.25) is 0 Å². The molecule has 0 aliphatic heterocycles. The third-order valence-corrected chi connectivity index (χ3v) is 4.40. The normalized spacial score (nSPS) is 10.3. The number of hydrogen-bond acceptors (Lipinski definition) is 1. The van der Waals surface area contributed by atoms with Gasteiger partial charge in [0.1, 0.15) is 0 Å². The minimum absolute atomic E-state index is 0.0186. The number of aryl methyl sites for hydroxylation is 1. The topological polar surface area (TPSA) is 9.23 Å². The van der Waals surface area contributed by atoms with Crippen LogP contribution in [0.15, 0.2) is 60.7 Å². The highest BCUT2D eigenvalue weighted by Crippen LogP contribution is 2.26. The Morgan fingerprint density at radius 1 is 0.857 bits per heavy atom. The summed E-state index contributed by atoms with van der Waals surface area (Å²) < 4.78 is 33.3. The van der Waals surface area contributed by atoms with Crippen LogP contribution in [0.4, 0.5) is 8.78 Å². The van der Waals surface area contributed by atoms with E-state index in [0.717, 1.165) is 24.0 Å². The van der Waals surface area contributed by atoms with Crippen LogP contribution >= 0.6 is 0 Å². The summed E-state index contributed by atoms with van der Waals surface area (Å²) in [5.41, 5.74) is 4.32. The Balaban J connectivity index is 1.94. The van der Waals surface area contributed by atoms with Crippen molar-refractivity contribution in [1.29, 1.82) is 0 Å². The second-order valence-electron chi connectivity index (χ2n) is 6.41. The van der Waals surface area contributed by atoms with Crippen molar-refractivity contribution in [2.24, 2.45) is 0 Å². The van der Waals surface area contributed by atoms with Gasteiger partial charge in [0.25, 0.3) is 0 Å². The lowest BCUT2D eigenvalue weighted by atomic mass is 9.95. The molecule has 0 amide bonds. The lowest BCUT2D eigenvalue weighted by Gasteiger charge is -2.10. The minimum atomic E-state index is -1.00. The molecule has 0 unspecified atom stereocenters. The fourth-order valence-corrected chi connectivity index (χ4v) is 3.08. The van der Waals surface area contributed by atoms with Gasteiger partial charge in [0, 0.05) is 5.56 Å². The van der Waals surface area contributed by atoms with Gasteiger partial charge < -0.3 is 4.74 Å². The molecule has 3 aromatic rings. The van der Waals surface area contributed by atoms with Gasteiger partial charge in [-0.05, 0) is 54.3 Å². The zero-order valence-electron chi connectivity index (χ0n) is 16.1. The van der Waals surface area contributed by atoms with E-state index < -0.39 is 11.6 Å². The Morgan fingerprint density at radius 3 is 2.36 bits per heavy atom. The fraction of sp³-hybridized carbons (Fsp3) is 0.200. The summed E-state index contributed by atoms with van der Waals surface area (Å²) in [6.07, 6.45) is 1.93. The van der Waals surface area contributed by atoms with Crippen molar-refractivity contribution in [2.75, 3.05) is 6.61 Å². The van der Waals surface area contributed by atoms with Crippen molar-refractivity contribution in [3.05, 3.63) is 89.0 Å². The predicted molar refractivity (Wildman–Crippen MR) is 109 cm³/mol. The molecule has 28 heavy (non-hydrogen) atoms. The number of rotatable bonds is 5. The van der Waals surface area contributed by atoms with Gasteiger partial charge in [-0.15, -0.1) is 0 Å². The summed E-state index contributed by atoms with van der Waals surface area (Å²) >= 11 is 0. The van der Waals surface area contributed by atoms with Gasteiger partial charge in [-0.1, -0.05) is 61.6 Å². The van der Waals surface area contributed by atoms with Crippen molar-refractivity contribution in [1.82, 2.24) is 0 Å². The molecular formula is C25H22F2O. The zero-order chi connectivity index (χ0) is 19.9. The Labute approximate surface area is 165 Å². The third-order valence-electron chi connectivity index (χ3n) is 4.40. The van der Waals surface area contributed by atoms with Crippen molar-refractivity contribution in [2.45, 2.75) is 26.7 Å². The van der Waals surface area contributed by atoms with Gasteiger partial charge in [-0.3, -0.25) is 0 Å². The molecule has 0 fully saturated rings. The second-order valence-corrected chi connectivity index (χ2v) is 6.41. The van der Waals surface area contributed by atoms with Crippen LogP contribution in [0.25, 0.3) is 11.1 Å². The molecule has 0 spiro atoms. The molecule has 0 bridgehead atoms. The average molecular weight is 376 g/mol. The molecule has 0 radical (unpaired) electrons. The summed E-state index contributed by atoms with van der Waals surface area (Å²) in [5, 5.41) is 0. The molecule has 3 heteroatoms. The van der Waals surface area contributed by atoms with E-state index in [4.69, 9.17) is 4.74 Å². The van der Waals surface area contributed by atoms with Crippen molar-refractivity contribution >= 4 is 0 Å². The van der Waals surface area contributed by atoms with Gasteiger partial charge in [-0.25, -0.2) is 4.39 Å². The standard InChI is InChI=1S/C25H22F2O/c1-3-8-21-17-18(12-15-22(21)19-9-6-5-7-10-19)11-13-20-14-16-23(28-4-2)25(27)24(20)26/h5-7,9-10,12,14-17H,3-4,8H2,1-2H3. The first-order valence-electron chi connectivity index (χ1n) is 9.45. The summed E-state index contributed by atoms with van der Waals surface area (Å²) in [6, 6.07) is 19.0. The number of ether oxygens (including phenoxy) is 1. The van der Waals surface area contributed by atoms with E-state index >= 15 is 0 Å². The lowest BCUT2D eigenvalue weighted by molar-refractivity contribution is 0.314. The quantitative estimate of drug-likeness (QED) is 0.469. The molecule has 0 aromatic heterocycles. The molecule has 0 saturated heterocycles. The SMILES string of the molecule is CCCc1cc(C#Cc2ccc(OCC)c(F)c2F)ccc1-c1ccccc1. The maximum Gasteiger partial charge on any atom is 0.201 e. The zero-order valence-corrected chi connectivity index (χ0v) is 16.1. The third kappa shape index (κ3) is 4.40. The van der Waals surface area contributed by atoms with E-state index in [9.17, 15) is 8.78 Å². The van der Waals surface area contributed by atoms with E-state index in [1.807, 2.05) is 36.4 Å².